The van der Waals surface area contributed by atoms with Gasteiger partial charge < -0.3 is 4.90 Å². The number of hydrogen-bond acceptors (Lipinski definition) is 1. The van der Waals surface area contributed by atoms with E-state index in [1.807, 2.05) is 4.90 Å². The highest BCUT2D eigenvalue weighted by atomic mass is 35.5. The highest BCUT2D eigenvalue weighted by Gasteiger charge is 2.44. The topological polar surface area (TPSA) is 20.3 Å². The van der Waals surface area contributed by atoms with Crippen LogP contribution in [0.3, 0.4) is 0 Å². The van der Waals surface area contributed by atoms with E-state index in [0.29, 0.717) is 11.3 Å². The molecule has 1 heterocycles. The largest absolute Gasteiger partial charge is 0.341 e. The average molecular weight is 250 g/mol. The zero-order valence-corrected chi connectivity index (χ0v) is 10.4. The molecule has 15 heavy (non-hydrogen) atoms. The van der Waals surface area contributed by atoms with E-state index < -0.39 is 0 Å². The maximum atomic E-state index is 11.5. The van der Waals surface area contributed by atoms with Gasteiger partial charge in [0, 0.05) is 19.0 Å². The maximum absolute atomic E-state index is 11.5. The van der Waals surface area contributed by atoms with Gasteiger partial charge in [0.15, 0.2) is 0 Å². The highest BCUT2D eigenvalue weighted by Crippen LogP contribution is 2.48. The second kappa shape index (κ2) is 4.50. The smallest absolute Gasteiger partial charge is 0.237 e. The van der Waals surface area contributed by atoms with Gasteiger partial charge in [-0.05, 0) is 37.0 Å². The van der Waals surface area contributed by atoms with E-state index in [0.717, 1.165) is 25.4 Å². The fraction of sp³-hybridized carbons (Fsp3) is 0.909. The fourth-order valence-corrected chi connectivity index (χ4v) is 3.49. The summed E-state index contributed by atoms with van der Waals surface area (Å²) in [6, 6.07) is 0. The molecule has 1 saturated heterocycles. The summed E-state index contributed by atoms with van der Waals surface area (Å²) in [5.41, 5.74) is 0.376. The van der Waals surface area contributed by atoms with E-state index in [4.69, 9.17) is 23.2 Å². The van der Waals surface area contributed by atoms with Crippen molar-refractivity contribution in [1.29, 1.82) is 0 Å². The molecule has 2 aliphatic rings. The molecule has 0 aromatic heterocycles. The van der Waals surface area contributed by atoms with Crippen LogP contribution in [-0.2, 0) is 4.79 Å². The Kier molecular flexibility index (Phi) is 3.46. The molecule has 2 nitrogen and oxygen atoms in total. The molecule has 0 unspecified atom stereocenters. The minimum atomic E-state index is 0.0860. The summed E-state index contributed by atoms with van der Waals surface area (Å²) in [7, 11) is 0. The number of hydrogen-bond donors (Lipinski definition) is 0. The molecule has 0 aromatic rings. The molecule has 2 rings (SSSR count). The maximum Gasteiger partial charge on any atom is 0.237 e. The molecule has 2 fully saturated rings. The van der Waals surface area contributed by atoms with Crippen molar-refractivity contribution in [3.05, 3.63) is 0 Å². The molecule has 0 bridgehead atoms. The number of nitrogens with zero attached hydrogens (tertiary/aromatic N) is 1. The Labute approximate surface area is 101 Å². The van der Waals surface area contributed by atoms with Crippen molar-refractivity contribution in [2.45, 2.75) is 25.7 Å². The molecule has 1 saturated carbocycles. The number of carbonyl (C=O) groups excluding carboxylic acids is 1. The predicted molar refractivity (Wildman–Crippen MR) is 62.4 cm³/mol. The number of rotatable bonds is 2. The van der Waals surface area contributed by atoms with Gasteiger partial charge in [0.25, 0.3) is 0 Å². The van der Waals surface area contributed by atoms with Crippen molar-refractivity contribution < 1.29 is 4.79 Å². The standard InChI is InChI=1S/C11H17Cl2NO/c12-6-9-1-2-11(5-9)3-4-14(8-11)10(15)7-13/h9H,1-8H2/t9-,11+/m1/s1. The summed E-state index contributed by atoms with van der Waals surface area (Å²) in [5.74, 6) is 1.64. The molecular formula is C11H17Cl2NO. The monoisotopic (exact) mass is 249 g/mol. The van der Waals surface area contributed by atoms with Gasteiger partial charge in [0.1, 0.15) is 5.88 Å². The predicted octanol–water partition coefficient (Wildman–Crippen LogP) is 2.48. The van der Waals surface area contributed by atoms with E-state index in [9.17, 15) is 4.79 Å². The molecule has 0 aromatic carbocycles. The summed E-state index contributed by atoms with van der Waals surface area (Å²) >= 11 is 11.5. The van der Waals surface area contributed by atoms with Crippen molar-refractivity contribution in [3.63, 3.8) is 0 Å². The molecule has 1 amide bonds. The highest BCUT2D eigenvalue weighted by molar-refractivity contribution is 6.27. The lowest BCUT2D eigenvalue weighted by atomic mass is 9.85. The van der Waals surface area contributed by atoms with Gasteiger partial charge in [-0.25, -0.2) is 0 Å². The van der Waals surface area contributed by atoms with Crippen LogP contribution in [-0.4, -0.2) is 35.7 Å². The average Bonchev–Trinajstić information content (AvgIpc) is 2.86. The Bertz CT molecular complexity index is 259. The summed E-state index contributed by atoms with van der Waals surface area (Å²) in [5, 5.41) is 0. The molecule has 1 spiro atoms. The number of carbonyl (C=O) groups is 1. The number of likely N-dealkylation sites (tertiary alicyclic amines) is 1. The van der Waals surface area contributed by atoms with Crippen LogP contribution in [0.2, 0.25) is 0 Å². The zero-order chi connectivity index (χ0) is 10.9. The summed E-state index contributed by atoms with van der Waals surface area (Å²) in [6.45, 7) is 1.80. The third-order valence-corrected chi connectivity index (χ3v) is 4.59. The molecule has 0 N–H and O–H groups in total. The first-order valence-electron chi connectivity index (χ1n) is 5.59. The lowest BCUT2D eigenvalue weighted by Crippen LogP contribution is -2.32. The molecule has 1 aliphatic carbocycles. The second-order valence-corrected chi connectivity index (χ2v) is 5.54. The van der Waals surface area contributed by atoms with Crippen molar-refractivity contribution >= 4 is 29.1 Å². The van der Waals surface area contributed by atoms with E-state index in [1.165, 1.54) is 19.3 Å². The van der Waals surface area contributed by atoms with Gasteiger partial charge in [0.05, 0.1) is 0 Å². The normalized spacial score (nSPS) is 35.3. The van der Waals surface area contributed by atoms with Gasteiger partial charge in [0.2, 0.25) is 5.91 Å². The van der Waals surface area contributed by atoms with Crippen LogP contribution in [0.5, 0.6) is 0 Å². The molecule has 2 atom stereocenters. The minimum absolute atomic E-state index is 0.0860. The summed E-state index contributed by atoms with van der Waals surface area (Å²) < 4.78 is 0. The van der Waals surface area contributed by atoms with Crippen LogP contribution in [0.15, 0.2) is 0 Å². The van der Waals surface area contributed by atoms with E-state index in [1.54, 1.807) is 0 Å². The van der Waals surface area contributed by atoms with E-state index >= 15 is 0 Å². The molecular weight excluding hydrogens is 233 g/mol. The van der Waals surface area contributed by atoms with Crippen LogP contribution in [0.1, 0.15) is 25.7 Å². The van der Waals surface area contributed by atoms with Crippen molar-refractivity contribution in [2.24, 2.45) is 11.3 Å². The van der Waals surface area contributed by atoms with Crippen LogP contribution < -0.4 is 0 Å². The van der Waals surface area contributed by atoms with Crippen molar-refractivity contribution in [1.82, 2.24) is 4.90 Å². The SMILES string of the molecule is O=C(CCl)N1CC[C@]2(CC[C@@H](CCl)C2)C1. The first kappa shape index (κ1) is 11.5. The summed E-state index contributed by atoms with van der Waals surface area (Å²) in [4.78, 5) is 13.4. The lowest BCUT2D eigenvalue weighted by molar-refractivity contribution is -0.127. The van der Waals surface area contributed by atoms with E-state index in [-0.39, 0.29) is 11.8 Å². The molecule has 4 heteroatoms. The van der Waals surface area contributed by atoms with Crippen LogP contribution in [0.25, 0.3) is 0 Å². The Morgan fingerprint density at radius 3 is 2.80 bits per heavy atom. The fourth-order valence-electron chi connectivity index (χ4n) is 3.06. The third-order valence-electron chi connectivity index (χ3n) is 3.93. The zero-order valence-electron chi connectivity index (χ0n) is 8.85. The van der Waals surface area contributed by atoms with Gasteiger partial charge in [-0.3, -0.25) is 4.79 Å². The number of alkyl halides is 2. The van der Waals surface area contributed by atoms with Gasteiger partial charge in [-0.1, -0.05) is 0 Å². The van der Waals surface area contributed by atoms with Crippen molar-refractivity contribution in [2.75, 3.05) is 24.8 Å². The van der Waals surface area contributed by atoms with Crippen molar-refractivity contribution in [3.8, 4) is 0 Å². The first-order chi connectivity index (χ1) is 7.19. The Balaban J connectivity index is 1.94. The Morgan fingerprint density at radius 2 is 2.20 bits per heavy atom. The van der Waals surface area contributed by atoms with Crippen LogP contribution in [0, 0.1) is 11.3 Å². The van der Waals surface area contributed by atoms with E-state index in [2.05, 4.69) is 0 Å². The third kappa shape index (κ3) is 2.26. The van der Waals surface area contributed by atoms with Gasteiger partial charge in [-0.15, -0.1) is 23.2 Å². The number of amides is 1. The quantitative estimate of drug-likeness (QED) is 0.689. The first-order valence-corrected chi connectivity index (χ1v) is 6.66. The van der Waals surface area contributed by atoms with Crippen LogP contribution >= 0.6 is 23.2 Å². The van der Waals surface area contributed by atoms with Crippen LogP contribution in [0.4, 0.5) is 0 Å². The van der Waals surface area contributed by atoms with Gasteiger partial charge in [-0.2, -0.15) is 0 Å². The number of halogens is 2. The molecule has 0 radical (unpaired) electrons. The summed E-state index contributed by atoms with van der Waals surface area (Å²) in [6.07, 6.45) is 4.80. The molecule has 1 aliphatic heterocycles. The Morgan fingerprint density at radius 1 is 1.40 bits per heavy atom. The van der Waals surface area contributed by atoms with Gasteiger partial charge >= 0.3 is 0 Å². The lowest BCUT2D eigenvalue weighted by Gasteiger charge is -2.23. The Hall–Kier alpha value is 0.0500. The molecule has 86 valence electrons. The minimum Gasteiger partial charge on any atom is -0.341 e. The second-order valence-electron chi connectivity index (χ2n) is 4.96.